The molecule has 3 aromatic rings. The van der Waals surface area contributed by atoms with E-state index < -0.39 is 0 Å². The molecule has 0 fully saturated rings. The summed E-state index contributed by atoms with van der Waals surface area (Å²) in [6, 6.07) is 16.7. The molecule has 0 aliphatic carbocycles. The third-order valence-electron chi connectivity index (χ3n) is 5.10. The summed E-state index contributed by atoms with van der Waals surface area (Å²) in [5.74, 6) is 1.13. The van der Waals surface area contributed by atoms with E-state index in [0.29, 0.717) is 23.6 Å². The minimum Gasteiger partial charge on any atom is -0.454 e. The van der Waals surface area contributed by atoms with Gasteiger partial charge in [-0.05, 0) is 42.0 Å². The van der Waals surface area contributed by atoms with Crippen LogP contribution >= 0.6 is 11.8 Å². The van der Waals surface area contributed by atoms with E-state index in [0.717, 1.165) is 21.2 Å². The lowest BCUT2D eigenvalue weighted by Crippen LogP contribution is -2.35. The SMILES string of the molecule is O=C(CCN1C(=O)c2ccccc2Sc2ncccc21)NCc1ccc2c(c1)OCO2. The highest BCUT2D eigenvalue weighted by atomic mass is 32.2. The normalized spacial score (nSPS) is 13.9. The molecule has 0 bridgehead atoms. The van der Waals surface area contributed by atoms with Gasteiger partial charge in [0.05, 0.1) is 11.3 Å². The monoisotopic (exact) mass is 433 g/mol. The lowest BCUT2D eigenvalue weighted by molar-refractivity contribution is -0.121. The van der Waals surface area contributed by atoms with E-state index >= 15 is 0 Å². The zero-order chi connectivity index (χ0) is 21.2. The molecule has 0 spiro atoms. The topological polar surface area (TPSA) is 80.8 Å². The molecule has 2 aliphatic heterocycles. The maximum atomic E-state index is 13.2. The van der Waals surface area contributed by atoms with Gasteiger partial charge in [-0.2, -0.15) is 0 Å². The predicted octanol–water partition coefficient (Wildman–Crippen LogP) is 3.63. The number of benzene rings is 2. The van der Waals surface area contributed by atoms with Gasteiger partial charge < -0.3 is 19.7 Å². The number of ether oxygens (including phenoxy) is 2. The van der Waals surface area contributed by atoms with Crippen LogP contribution in [-0.2, 0) is 11.3 Å². The number of aromatic nitrogens is 1. The van der Waals surface area contributed by atoms with Crippen molar-refractivity contribution in [3.05, 3.63) is 71.9 Å². The van der Waals surface area contributed by atoms with E-state index in [1.165, 1.54) is 11.8 Å². The first kappa shape index (κ1) is 19.4. The Kier molecular flexibility index (Phi) is 5.21. The van der Waals surface area contributed by atoms with Crippen LogP contribution in [0.25, 0.3) is 0 Å². The van der Waals surface area contributed by atoms with Crippen LogP contribution in [0.15, 0.2) is 70.7 Å². The summed E-state index contributed by atoms with van der Waals surface area (Å²) < 4.78 is 10.7. The van der Waals surface area contributed by atoms with Crippen LogP contribution in [0.1, 0.15) is 22.3 Å². The van der Waals surface area contributed by atoms with Crippen LogP contribution < -0.4 is 19.7 Å². The quantitative estimate of drug-likeness (QED) is 0.662. The van der Waals surface area contributed by atoms with Crippen molar-refractivity contribution < 1.29 is 19.1 Å². The fourth-order valence-electron chi connectivity index (χ4n) is 3.53. The van der Waals surface area contributed by atoms with Crippen LogP contribution in [-0.4, -0.2) is 30.1 Å². The van der Waals surface area contributed by atoms with Crippen LogP contribution in [0.2, 0.25) is 0 Å². The Labute approximate surface area is 183 Å². The molecule has 2 aromatic carbocycles. The summed E-state index contributed by atoms with van der Waals surface area (Å²) in [5, 5.41) is 3.66. The molecule has 7 nitrogen and oxygen atoms in total. The molecule has 0 atom stereocenters. The molecule has 0 saturated heterocycles. The number of rotatable bonds is 5. The molecule has 1 aromatic heterocycles. The van der Waals surface area contributed by atoms with Gasteiger partial charge in [-0.3, -0.25) is 9.59 Å². The highest BCUT2D eigenvalue weighted by Crippen LogP contribution is 2.39. The van der Waals surface area contributed by atoms with Crippen LogP contribution in [0.4, 0.5) is 5.69 Å². The molecule has 3 heterocycles. The number of hydrogen-bond acceptors (Lipinski definition) is 6. The van der Waals surface area contributed by atoms with E-state index in [9.17, 15) is 9.59 Å². The smallest absolute Gasteiger partial charge is 0.259 e. The summed E-state index contributed by atoms with van der Waals surface area (Å²) in [4.78, 5) is 32.7. The first-order valence-corrected chi connectivity index (χ1v) is 10.7. The number of nitrogens with one attached hydrogen (secondary N) is 1. The van der Waals surface area contributed by atoms with E-state index in [4.69, 9.17) is 9.47 Å². The number of fused-ring (bicyclic) bond motifs is 3. The van der Waals surface area contributed by atoms with Crippen molar-refractivity contribution in [3.63, 3.8) is 0 Å². The Balaban J connectivity index is 1.28. The Hall–Kier alpha value is -3.52. The Morgan fingerprint density at radius 2 is 1.97 bits per heavy atom. The highest BCUT2D eigenvalue weighted by Gasteiger charge is 2.28. The third-order valence-corrected chi connectivity index (χ3v) is 6.18. The molecule has 2 aliphatic rings. The molecule has 31 heavy (non-hydrogen) atoms. The summed E-state index contributed by atoms with van der Waals surface area (Å²) in [5.41, 5.74) is 2.26. The van der Waals surface area contributed by atoms with Gasteiger partial charge in [-0.1, -0.05) is 30.0 Å². The lowest BCUT2D eigenvalue weighted by Gasteiger charge is -2.22. The van der Waals surface area contributed by atoms with Gasteiger partial charge in [0, 0.05) is 30.6 Å². The van der Waals surface area contributed by atoms with E-state index in [-0.39, 0.29) is 31.6 Å². The molecule has 8 heteroatoms. The van der Waals surface area contributed by atoms with Gasteiger partial charge >= 0.3 is 0 Å². The summed E-state index contributed by atoms with van der Waals surface area (Å²) in [6.07, 6.45) is 1.89. The average molecular weight is 433 g/mol. The standard InChI is InChI=1S/C23H19N3O4S/c27-21(25-13-15-7-8-18-19(12-15)30-14-29-18)9-11-26-17-5-3-10-24-22(17)31-20-6-2-1-4-16(20)23(26)28/h1-8,10,12H,9,11,13-14H2,(H,25,27). The maximum Gasteiger partial charge on any atom is 0.259 e. The van der Waals surface area contributed by atoms with E-state index in [1.807, 2.05) is 48.5 Å². The zero-order valence-corrected chi connectivity index (χ0v) is 17.4. The number of carbonyl (C=O) groups is 2. The van der Waals surface area contributed by atoms with Crippen LogP contribution in [0.3, 0.4) is 0 Å². The van der Waals surface area contributed by atoms with Crippen molar-refractivity contribution in [2.45, 2.75) is 22.9 Å². The fraction of sp³-hybridized carbons (Fsp3) is 0.174. The van der Waals surface area contributed by atoms with Crippen molar-refractivity contribution in [2.75, 3.05) is 18.2 Å². The largest absolute Gasteiger partial charge is 0.454 e. The zero-order valence-electron chi connectivity index (χ0n) is 16.5. The fourth-order valence-corrected chi connectivity index (χ4v) is 4.55. The molecule has 0 unspecified atom stereocenters. The molecule has 2 amide bonds. The number of carbonyl (C=O) groups excluding carboxylic acids is 2. The van der Waals surface area contributed by atoms with E-state index in [2.05, 4.69) is 10.3 Å². The second-order valence-electron chi connectivity index (χ2n) is 7.10. The van der Waals surface area contributed by atoms with Crippen molar-refractivity contribution in [2.24, 2.45) is 0 Å². The molecule has 1 N–H and O–H groups in total. The Morgan fingerprint density at radius 3 is 2.90 bits per heavy atom. The van der Waals surface area contributed by atoms with Gasteiger partial charge in [0.2, 0.25) is 12.7 Å². The number of nitrogens with zero attached hydrogens (tertiary/aromatic N) is 2. The Bertz CT molecular complexity index is 1170. The van der Waals surface area contributed by atoms with Crippen molar-refractivity contribution in [3.8, 4) is 11.5 Å². The maximum absolute atomic E-state index is 13.2. The van der Waals surface area contributed by atoms with Gasteiger partial charge in [-0.25, -0.2) is 4.98 Å². The van der Waals surface area contributed by atoms with Crippen LogP contribution in [0.5, 0.6) is 11.5 Å². The average Bonchev–Trinajstić information content (AvgIpc) is 3.22. The molecular formula is C23H19N3O4S. The summed E-state index contributed by atoms with van der Waals surface area (Å²) >= 11 is 1.47. The Morgan fingerprint density at radius 1 is 1.10 bits per heavy atom. The first-order chi connectivity index (χ1) is 15.2. The van der Waals surface area contributed by atoms with Crippen molar-refractivity contribution in [1.29, 1.82) is 0 Å². The second-order valence-corrected chi connectivity index (χ2v) is 8.13. The minimum absolute atomic E-state index is 0.126. The van der Waals surface area contributed by atoms with Gasteiger partial charge in [0.1, 0.15) is 5.03 Å². The number of amides is 2. The van der Waals surface area contributed by atoms with E-state index in [1.54, 1.807) is 17.2 Å². The first-order valence-electron chi connectivity index (χ1n) is 9.88. The molecule has 5 rings (SSSR count). The summed E-state index contributed by atoms with van der Waals surface area (Å²) in [7, 11) is 0. The number of hydrogen-bond donors (Lipinski definition) is 1. The third kappa shape index (κ3) is 3.94. The molecule has 0 saturated carbocycles. The second kappa shape index (κ2) is 8.31. The van der Waals surface area contributed by atoms with Gasteiger partial charge in [-0.15, -0.1) is 0 Å². The lowest BCUT2D eigenvalue weighted by atomic mass is 10.1. The molecular weight excluding hydrogens is 414 g/mol. The minimum atomic E-state index is -0.138. The number of pyridine rings is 1. The predicted molar refractivity (Wildman–Crippen MR) is 116 cm³/mol. The van der Waals surface area contributed by atoms with Crippen molar-refractivity contribution >= 4 is 29.3 Å². The summed E-state index contributed by atoms with van der Waals surface area (Å²) in [6.45, 7) is 0.854. The molecule has 0 radical (unpaired) electrons. The highest BCUT2D eigenvalue weighted by molar-refractivity contribution is 7.99. The molecule has 156 valence electrons. The van der Waals surface area contributed by atoms with Gasteiger partial charge in [0.15, 0.2) is 11.5 Å². The number of anilines is 1. The van der Waals surface area contributed by atoms with Gasteiger partial charge in [0.25, 0.3) is 5.91 Å². The van der Waals surface area contributed by atoms with Crippen molar-refractivity contribution in [1.82, 2.24) is 10.3 Å². The van der Waals surface area contributed by atoms with Crippen LogP contribution in [0, 0.1) is 0 Å².